The molecule has 0 unspecified atom stereocenters. The minimum atomic E-state index is -0.449. The summed E-state index contributed by atoms with van der Waals surface area (Å²) in [7, 11) is 4.07. The van der Waals surface area contributed by atoms with Gasteiger partial charge in [-0.25, -0.2) is 0 Å². The highest BCUT2D eigenvalue weighted by Gasteiger charge is 2.43. The summed E-state index contributed by atoms with van der Waals surface area (Å²) in [5.74, 6) is 0. The molecule has 0 amide bonds. The minimum absolute atomic E-state index is 0.281. The second kappa shape index (κ2) is 7.96. The Morgan fingerprint density at radius 2 is 1.48 bits per heavy atom. The van der Waals surface area contributed by atoms with Gasteiger partial charge in [-0.1, -0.05) is 19.9 Å². The molecule has 0 radical (unpaired) electrons. The number of hydrogen-bond acceptors (Lipinski definition) is 3. The van der Waals surface area contributed by atoms with Crippen molar-refractivity contribution in [3.63, 3.8) is 0 Å². The molecule has 170 valence electrons. The Morgan fingerprint density at radius 3 is 2.09 bits per heavy atom. The van der Waals surface area contributed by atoms with Crippen LogP contribution in [0.1, 0.15) is 59.5 Å². The molecular weight excluding hydrogens is 455 g/mol. The lowest BCUT2D eigenvalue weighted by molar-refractivity contribution is -0.401. The predicted octanol–water partition coefficient (Wildman–Crippen LogP) is 6.32. The summed E-state index contributed by atoms with van der Waals surface area (Å²) >= 11 is 11.4. The van der Waals surface area contributed by atoms with E-state index in [1.54, 1.807) is 12.1 Å². The highest BCUT2D eigenvalue weighted by molar-refractivity contribution is 6.68. The van der Waals surface area contributed by atoms with Gasteiger partial charge in [-0.2, -0.15) is 4.58 Å². The zero-order valence-corrected chi connectivity index (χ0v) is 21.2. The SMILES string of the molecule is CN1/C(=C/C=C/C2=[N+](C)c3ccc(C(=O)Cl)cc3C2(C)C)C(C)(C)c2cc(C(=O)Cl)ccc21. The zero-order chi connectivity index (χ0) is 24.3. The number of carbonyl (C=O) groups excluding carboxylic acids is 2. The molecular formula is C27H27Cl2N2O2+. The number of rotatable bonds is 4. The quantitative estimate of drug-likeness (QED) is 0.378. The van der Waals surface area contributed by atoms with Gasteiger partial charge in [-0.05, 0) is 79.0 Å². The van der Waals surface area contributed by atoms with Crippen LogP contribution in [0.5, 0.6) is 0 Å². The first-order chi connectivity index (χ1) is 15.4. The Morgan fingerprint density at radius 1 is 0.909 bits per heavy atom. The molecule has 0 aromatic heterocycles. The molecule has 0 saturated heterocycles. The molecule has 4 rings (SSSR count). The summed E-state index contributed by atoms with van der Waals surface area (Å²) in [5.41, 5.74) is 6.99. The fourth-order valence-electron chi connectivity index (χ4n) is 5.15. The third-order valence-corrected chi connectivity index (χ3v) is 7.46. The number of anilines is 1. The summed E-state index contributed by atoms with van der Waals surface area (Å²) in [4.78, 5) is 25.5. The summed E-state index contributed by atoms with van der Waals surface area (Å²) < 4.78 is 2.16. The number of allylic oxidation sites excluding steroid dienone is 4. The van der Waals surface area contributed by atoms with Gasteiger partial charge in [0.1, 0.15) is 7.05 Å². The average Bonchev–Trinajstić information content (AvgIpc) is 3.06. The molecule has 0 N–H and O–H groups in total. The first-order valence-corrected chi connectivity index (χ1v) is 11.6. The highest BCUT2D eigenvalue weighted by Crippen LogP contribution is 2.47. The molecule has 2 heterocycles. The first kappa shape index (κ1) is 23.5. The summed E-state index contributed by atoms with van der Waals surface area (Å²) in [6.07, 6.45) is 6.31. The number of carbonyl (C=O) groups is 2. The normalized spacial score (nSPS) is 19.4. The van der Waals surface area contributed by atoms with Crippen molar-refractivity contribution in [2.24, 2.45) is 0 Å². The molecule has 2 aliphatic rings. The van der Waals surface area contributed by atoms with E-state index in [1.165, 1.54) is 0 Å². The first-order valence-electron chi connectivity index (χ1n) is 10.8. The highest BCUT2D eigenvalue weighted by atomic mass is 35.5. The van der Waals surface area contributed by atoms with Gasteiger partial charge in [0.05, 0.1) is 5.41 Å². The van der Waals surface area contributed by atoms with E-state index in [9.17, 15) is 9.59 Å². The van der Waals surface area contributed by atoms with Gasteiger partial charge >= 0.3 is 0 Å². The third kappa shape index (κ3) is 3.66. The largest absolute Gasteiger partial charge is 0.347 e. The fraction of sp³-hybridized carbons (Fsp3) is 0.296. The molecule has 0 fully saturated rings. The van der Waals surface area contributed by atoms with Gasteiger partial charge in [-0.15, -0.1) is 0 Å². The van der Waals surface area contributed by atoms with Crippen molar-refractivity contribution in [2.75, 3.05) is 19.0 Å². The smallest absolute Gasteiger partial charge is 0.252 e. The van der Waals surface area contributed by atoms with E-state index >= 15 is 0 Å². The molecule has 0 saturated carbocycles. The maximum Gasteiger partial charge on any atom is 0.252 e. The van der Waals surface area contributed by atoms with Gasteiger partial charge in [-0.3, -0.25) is 9.59 Å². The zero-order valence-electron chi connectivity index (χ0n) is 19.7. The Kier molecular flexibility index (Phi) is 5.66. The van der Waals surface area contributed by atoms with Gasteiger partial charge in [0.25, 0.3) is 10.5 Å². The van der Waals surface area contributed by atoms with E-state index in [1.807, 2.05) is 38.4 Å². The molecule has 2 aliphatic heterocycles. The van der Waals surface area contributed by atoms with E-state index in [4.69, 9.17) is 23.2 Å². The van der Waals surface area contributed by atoms with Crippen molar-refractivity contribution in [3.8, 4) is 0 Å². The number of hydrogen-bond donors (Lipinski definition) is 0. The van der Waals surface area contributed by atoms with Gasteiger partial charge in [0.2, 0.25) is 5.69 Å². The second-order valence-electron chi connectivity index (χ2n) is 9.68. The lowest BCUT2D eigenvalue weighted by atomic mass is 9.80. The van der Waals surface area contributed by atoms with Crippen molar-refractivity contribution < 1.29 is 14.2 Å². The lowest BCUT2D eigenvalue weighted by Crippen LogP contribution is -2.27. The molecule has 0 bridgehead atoms. The van der Waals surface area contributed by atoms with Crippen LogP contribution in [0.3, 0.4) is 0 Å². The molecule has 33 heavy (non-hydrogen) atoms. The number of likely N-dealkylation sites (N-methyl/N-ethyl adjacent to an activating group) is 1. The molecule has 0 atom stereocenters. The summed E-state index contributed by atoms with van der Waals surface area (Å²) in [6, 6.07) is 11.2. The van der Waals surface area contributed by atoms with Crippen LogP contribution in [-0.2, 0) is 10.8 Å². The van der Waals surface area contributed by atoms with Gasteiger partial charge in [0, 0.05) is 52.7 Å². The van der Waals surface area contributed by atoms with Crippen LogP contribution in [-0.4, -0.2) is 34.9 Å². The van der Waals surface area contributed by atoms with E-state index in [-0.39, 0.29) is 10.8 Å². The third-order valence-electron chi connectivity index (χ3n) is 7.03. The van der Waals surface area contributed by atoms with Crippen LogP contribution >= 0.6 is 23.2 Å². The Labute approximate surface area is 204 Å². The fourth-order valence-corrected chi connectivity index (χ4v) is 5.38. The molecule has 6 heteroatoms. The van der Waals surface area contributed by atoms with Crippen molar-refractivity contribution in [2.45, 2.75) is 38.5 Å². The minimum Gasteiger partial charge on any atom is -0.347 e. The van der Waals surface area contributed by atoms with E-state index < -0.39 is 10.5 Å². The Hall–Kier alpha value is -2.69. The average molecular weight is 482 g/mol. The van der Waals surface area contributed by atoms with E-state index in [0.717, 1.165) is 33.9 Å². The summed E-state index contributed by atoms with van der Waals surface area (Å²) in [5, 5.41) is -0.898. The number of halogens is 2. The number of benzene rings is 2. The van der Waals surface area contributed by atoms with Crippen LogP contribution in [0.25, 0.3) is 0 Å². The Bertz CT molecular complexity index is 1300. The molecule has 2 aromatic rings. The summed E-state index contributed by atoms with van der Waals surface area (Å²) in [6.45, 7) is 8.60. The van der Waals surface area contributed by atoms with Crippen molar-refractivity contribution in [3.05, 3.63) is 82.6 Å². The van der Waals surface area contributed by atoms with Crippen molar-refractivity contribution >= 4 is 50.8 Å². The standard InChI is InChI=1S/C27H27Cl2N2O2/c1-26(2)18-14-16(24(28)32)10-12-20(18)30(5)22(26)8-7-9-23-27(3,4)19-15-17(25(29)33)11-13-21(19)31(23)6/h7-15H,1-6H3/q+1. The van der Waals surface area contributed by atoms with Gasteiger partial charge < -0.3 is 4.90 Å². The van der Waals surface area contributed by atoms with Crippen LogP contribution in [0.2, 0.25) is 0 Å². The van der Waals surface area contributed by atoms with Crippen molar-refractivity contribution in [1.82, 2.24) is 0 Å². The molecule has 0 spiro atoms. The maximum absolute atomic E-state index is 11.7. The Balaban J connectivity index is 1.70. The van der Waals surface area contributed by atoms with E-state index in [2.05, 4.69) is 55.4 Å². The molecule has 0 aliphatic carbocycles. The van der Waals surface area contributed by atoms with Gasteiger partial charge in [0.15, 0.2) is 5.71 Å². The van der Waals surface area contributed by atoms with E-state index in [0.29, 0.717) is 11.1 Å². The number of nitrogens with zero attached hydrogens (tertiary/aromatic N) is 2. The van der Waals surface area contributed by atoms with Crippen molar-refractivity contribution in [1.29, 1.82) is 0 Å². The predicted molar refractivity (Wildman–Crippen MR) is 136 cm³/mol. The number of fused-ring (bicyclic) bond motifs is 2. The van der Waals surface area contributed by atoms with Crippen LogP contribution in [0.4, 0.5) is 11.4 Å². The topological polar surface area (TPSA) is 40.4 Å². The molecule has 2 aromatic carbocycles. The molecule has 4 nitrogen and oxygen atoms in total. The lowest BCUT2D eigenvalue weighted by Gasteiger charge is -2.23. The maximum atomic E-state index is 11.7. The van der Waals surface area contributed by atoms with Crippen LogP contribution in [0, 0.1) is 0 Å². The monoisotopic (exact) mass is 481 g/mol. The second-order valence-corrected chi connectivity index (χ2v) is 10.4. The van der Waals surface area contributed by atoms with Crippen LogP contribution in [0.15, 0.2) is 60.3 Å². The van der Waals surface area contributed by atoms with Crippen LogP contribution < -0.4 is 4.90 Å².